The van der Waals surface area contributed by atoms with Crippen molar-refractivity contribution >= 4 is 28.4 Å². The number of rotatable bonds is 4. The lowest BCUT2D eigenvalue weighted by atomic mass is 9.95. The number of hydrazine groups is 1. The van der Waals surface area contributed by atoms with Gasteiger partial charge in [-0.05, 0) is 43.4 Å². The minimum absolute atomic E-state index is 0.188. The molecular weight excluding hydrogens is 370 g/mol. The molecule has 1 atom stereocenters. The molecule has 0 radical (unpaired) electrons. The fourth-order valence-electron chi connectivity index (χ4n) is 3.45. The standard InChI is InChI=1S/C23H22ClN3O/c1-15-10-12-16(13-11-15)26-27-23(28)19-14-22(18-7-2-4-8-20(18)24)25-21-9-5-3-6-17(19)21/h2-9,12,14-15,26H,10-11,13H2,1H3,(H,27,28)/t15-/m0/s1. The number of benzene rings is 2. The van der Waals surface area contributed by atoms with Gasteiger partial charge in [0.15, 0.2) is 0 Å². The Kier molecular flexibility index (Phi) is 5.31. The van der Waals surface area contributed by atoms with Crippen molar-refractivity contribution in [2.24, 2.45) is 5.92 Å². The Morgan fingerprint density at radius 3 is 2.71 bits per heavy atom. The van der Waals surface area contributed by atoms with Gasteiger partial charge in [0.05, 0.1) is 16.8 Å². The molecule has 0 unspecified atom stereocenters. The monoisotopic (exact) mass is 391 g/mol. The minimum Gasteiger partial charge on any atom is -0.303 e. The predicted molar refractivity (Wildman–Crippen MR) is 114 cm³/mol. The van der Waals surface area contributed by atoms with E-state index in [0.717, 1.165) is 41.4 Å². The molecule has 4 nitrogen and oxygen atoms in total. The van der Waals surface area contributed by atoms with Gasteiger partial charge in [0, 0.05) is 21.7 Å². The second-order valence-corrected chi connectivity index (χ2v) is 7.65. The third-order valence-corrected chi connectivity index (χ3v) is 5.45. The molecule has 0 bridgehead atoms. The number of pyridine rings is 1. The number of halogens is 1. The molecule has 1 aliphatic carbocycles. The van der Waals surface area contributed by atoms with E-state index >= 15 is 0 Å². The van der Waals surface area contributed by atoms with Crippen molar-refractivity contribution in [2.45, 2.75) is 26.2 Å². The zero-order chi connectivity index (χ0) is 19.5. The molecule has 4 rings (SSSR count). The quantitative estimate of drug-likeness (QED) is 0.578. The highest BCUT2D eigenvalue weighted by atomic mass is 35.5. The molecule has 0 spiro atoms. The molecule has 0 aliphatic heterocycles. The summed E-state index contributed by atoms with van der Waals surface area (Å²) in [6, 6.07) is 17.0. The second-order valence-electron chi connectivity index (χ2n) is 7.24. The van der Waals surface area contributed by atoms with Crippen LogP contribution in [0.4, 0.5) is 0 Å². The number of nitrogens with one attached hydrogen (secondary N) is 2. The first-order valence-corrected chi connectivity index (χ1v) is 9.89. The molecule has 0 saturated heterocycles. The van der Waals surface area contributed by atoms with Crippen LogP contribution in [-0.2, 0) is 0 Å². The summed E-state index contributed by atoms with van der Waals surface area (Å²) in [6.07, 6.45) is 5.27. The van der Waals surface area contributed by atoms with E-state index in [1.165, 1.54) is 0 Å². The van der Waals surface area contributed by atoms with Gasteiger partial charge in [-0.15, -0.1) is 0 Å². The maximum atomic E-state index is 13.0. The number of amides is 1. The number of carbonyl (C=O) groups is 1. The van der Waals surface area contributed by atoms with Crippen LogP contribution in [0.1, 0.15) is 36.5 Å². The molecule has 142 valence electrons. The number of fused-ring (bicyclic) bond motifs is 1. The Morgan fingerprint density at radius 1 is 1.14 bits per heavy atom. The maximum Gasteiger partial charge on any atom is 0.270 e. The van der Waals surface area contributed by atoms with Gasteiger partial charge >= 0.3 is 0 Å². The van der Waals surface area contributed by atoms with Gasteiger partial charge in [-0.25, -0.2) is 4.98 Å². The normalized spacial score (nSPS) is 16.5. The number of hydrogen-bond acceptors (Lipinski definition) is 3. The Labute approximate surface area is 169 Å². The van der Waals surface area contributed by atoms with Crippen LogP contribution in [0.2, 0.25) is 5.02 Å². The van der Waals surface area contributed by atoms with Crippen LogP contribution in [0.5, 0.6) is 0 Å². The Bertz CT molecular complexity index is 1060. The first-order chi connectivity index (χ1) is 13.6. The predicted octanol–water partition coefficient (Wildman–Crippen LogP) is 5.49. The van der Waals surface area contributed by atoms with Crippen molar-refractivity contribution in [1.82, 2.24) is 15.8 Å². The van der Waals surface area contributed by atoms with Gasteiger partial charge in [0.2, 0.25) is 0 Å². The van der Waals surface area contributed by atoms with Crippen LogP contribution in [0.3, 0.4) is 0 Å². The average molecular weight is 392 g/mol. The van der Waals surface area contributed by atoms with Gasteiger partial charge < -0.3 is 5.43 Å². The van der Waals surface area contributed by atoms with E-state index in [1.807, 2.05) is 48.5 Å². The Balaban J connectivity index is 1.67. The Hall–Kier alpha value is -2.85. The zero-order valence-corrected chi connectivity index (χ0v) is 16.5. The highest BCUT2D eigenvalue weighted by Gasteiger charge is 2.16. The molecule has 0 saturated carbocycles. The van der Waals surface area contributed by atoms with E-state index in [9.17, 15) is 4.79 Å². The van der Waals surface area contributed by atoms with E-state index in [1.54, 1.807) is 6.07 Å². The van der Waals surface area contributed by atoms with Crippen molar-refractivity contribution < 1.29 is 4.79 Å². The van der Waals surface area contributed by atoms with Crippen LogP contribution in [0.15, 0.2) is 66.4 Å². The first kappa shape index (κ1) is 18.5. The van der Waals surface area contributed by atoms with Crippen LogP contribution < -0.4 is 10.9 Å². The summed E-state index contributed by atoms with van der Waals surface area (Å²) in [5.41, 5.74) is 9.82. The summed E-state index contributed by atoms with van der Waals surface area (Å²) < 4.78 is 0. The van der Waals surface area contributed by atoms with Crippen molar-refractivity contribution in [3.05, 3.63) is 77.0 Å². The van der Waals surface area contributed by atoms with Gasteiger partial charge in [-0.1, -0.05) is 61.0 Å². The van der Waals surface area contributed by atoms with Gasteiger partial charge in [0.25, 0.3) is 5.91 Å². The van der Waals surface area contributed by atoms with Crippen LogP contribution in [-0.4, -0.2) is 10.9 Å². The van der Waals surface area contributed by atoms with E-state index in [-0.39, 0.29) is 5.91 Å². The summed E-state index contributed by atoms with van der Waals surface area (Å²) >= 11 is 6.36. The SMILES string of the molecule is C[C@H]1CC=C(NNC(=O)c2cc(-c3ccccc3Cl)nc3ccccc23)CC1. The summed E-state index contributed by atoms with van der Waals surface area (Å²) in [5, 5.41) is 1.42. The molecule has 5 heteroatoms. The van der Waals surface area contributed by atoms with E-state index < -0.39 is 0 Å². The van der Waals surface area contributed by atoms with Crippen LogP contribution in [0.25, 0.3) is 22.2 Å². The highest BCUT2D eigenvalue weighted by molar-refractivity contribution is 6.33. The van der Waals surface area contributed by atoms with Crippen molar-refractivity contribution in [1.29, 1.82) is 0 Å². The van der Waals surface area contributed by atoms with Gasteiger partial charge in [-0.3, -0.25) is 10.2 Å². The molecular formula is C23H22ClN3O. The largest absolute Gasteiger partial charge is 0.303 e. The molecule has 1 aliphatic rings. The number of allylic oxidation sites excluding steroid dienone is 2. The molecule has 1 aromatic heterocycles. The number of hydrogen-bond donors (Lipinski definition) is 2. The van der Waals surface area contributed by atoms with E-state index in [0.29, 0.717) is 22.2 Å². The van der Waals surface area contributed by atoms with Gasteiger partial charge in [-0.2, -0.15) is 0 Å². The molecule has 28 heavy (non-hydrogen) atoms. The molecule has 2 aromatic carbocycles. The highest BCUT2D eigenvalue weighted by Crippen LogP contribution is 2.29. The lowest BCUT2D eigenvalue weighted by Gasteiger charge is -2.20. The smallest absolute Gasteiger partial charge is 0.270 e. The molecule has 3 aromatic rings. The van der Waals surface area contributed by atoms with Crippen LogP contribution in [0, 0.1) is 5.92 Å². The maximum absolute atomic E-state index is 13.0. The summed E-state index contributed by atoms with van der Waals surface area (Å²) in [4.78, 5) is 17.7. The van der Waals surface area contributed by atoms with Gasteiger partial charge in [0.1, 0.15) is 0 Å². The minimum atomic E-state index is -0.188. The third-order valence-electron chi connectivity index (χ3n) is 5.12. The van der Waals surface area contributed by atoms with Crippen molar-refractivity contribution in [3.8, 4) is 11.3 Å². The molecule has 0 fully saturated rings. The number of aromatic nitrogens is 1. The Morgan fingerprint density at radius 2 is 1.93 bits per heavy atom. The van der Waals surface area contributed by atoms with E-state index in [4.69, 9.17) is 16.6 Å². The van der Waals surface area contributed by atoms with Crippen LogP contribution >= 0.6 is 11.6 Å². The summed E-state index contributed by atoms with van der Waals surface area (Å²) in [7, 11) is 0. The number of para-hydroxylation sites is 1. The van der Waals surface area contributed by atoms with Crippen molar-refractivity contribution in [3.63, 3.8) is 0 Å². The number of nitrogens with zero attached hydrogens (tertiary/aromatic N) is 1. The third kappa shape index (κ3) is 3.87. The van der Waals surface area contributed by atoms with Crippen molar-refractivity contribution in [2.75, 3.05) is 0 Å². The number of carbonyl (C=O) groups excluding carboxylic acids is 1. The average Bonchev–Trinajstić information content (AvgIpc) is 2.72. The zero-order valence-electron chi connectivity index (χ0n) is 15.7. The molecule has 2 N–H and O–H groups in total. The fraction of sp³-hybridized carbons (Fsp3) is 0.217. The fourth-order valence-corrected chi connectivity index (χ4v) is 3.69. The lowest BCUT2D eigenvalue weighted by Crippen LogP contribution is -2.37. The summed E-state index contributed by atoms with van der Waals surface area (Å²) in [6.45, 7) is 2.24. The summed E-state index contributed by atoms with van der Waals surface area (Å²) in [5.74, 6) is 0.509. The lowest BCUT2D eigenvalue weighted by molar-refractivity contribution is 0.0939. The molecule has 1 amide bonds. The topological polar surface area (TPSA) is 54.0 Å². The molecule has 1 heterocycles. The second kappa shape index (κ2) is 8.03. The van der Waals surface area contributed by atoms with E-state index in [2.05, 4.69) is 23.9 Å². The first-order valence-electron chi connectivity index (χ1n) is 9.52.